The summed E-state index contributed by atoms with van der Waals surface area (Å²) in [5.74, 6) is -0.668. The summed E-state index contributed by atoms with van der Waals surface area (Å²) >= 11 is 3.21. The standard InChI is InChI=1S/C9H6BrNO3/c1-14-5-3-2-4(10)6-7(5)11-9(13)8(6)12/h2-3H,1H3,(H,11,12,13). The normalized spacial score (nSPS) is 13.9. The number of halogens is 1. The van der Waals surface area contributed by atoms with Gasteiger partial charge in [-0.1, -0.05) is 0 Å². The summed E-state index contributed by atoms with van der Waals surface area (Å²) < 4.78 is 5.62. The molecule has 0 fully saturated rings. The molecule has 0 atom stereocenters. The number of benzene rings is 1. The van der Waals surface area contributed by atoms with Gasteiger partial charge in [0.15, 0.2) is 0 Å². The molecule has 2 rings (SSSR count). The molecule has 1 amide bonds. The van der Waals surface area contributed by atoms with Gasteiger partial charge in [-0.25, -0.2) is 0 Å². The van der Waals surface area contributed by atoms with Gasteiger partial charge >= 0.3 is 0 Å². The van der Waals surface area contributed by atoms with Crippen molar-refractivity contribution >= 4 is 33.3 Å². The van der Waals surface area contributed by atoms with Gasteiger partial charge in [-0.3, -0.25) is 9.59 Å². The third kappa shape index (κ3) is 1.13. The van der Waals surface area contributed by atoms with E-state index in [4.69, 9.17) is 4.74 Å². The summed E-state index contributed by atoms with van der Waals surface area (Å²) in [4.78, 5) is 22.5. The first-order chi connectivity index (χ1) is 6.65. The topological polar surface area (TPSA) is 55.4 Å². The minimum atomic E-state index is -0.620. The van der Waals surface area contributed by atoms with Crippen molar-refractivity contribution in [1.82, 2.24) is 0 Å². The van der Waals surface area contributed by atoms with Gasteiger partial charge in [0, 0.05) is 4.47 Å². The van der Waals surface area contributed by atoms with Crippen molar-refractivity contribution in [3.05, 3.63) is 22.2 Å². The molecule has 4 nitrogen and oxygen atoms in total. The molecule has 5 heteroatoms. The summed E-state index contributed by atoms with van der Waals surface area (Å²) in [5.41, 5.74) is 0.784. The molecule has 72 valence electrons. The minimum absolute atomic E-state index is 0.342. The van der Waals surface area contributed by atoms with Crippen LogP contribution >= 0.6 is 15.9 Å². The van der Waals surface area contributed by atoms with Crippen LogP contribution in [0.15, 0.2) is 16.6 Å². The van der Waals surface area contributed by atoms with Crippen molar-refractivity contribution in [3.8, 4) is 5.75 Å². The lowest BCUT2D eigenvalue weighted by Gasteiger charge is -2.06. The maximum absolute atomic E-state index is 11.4. The zero-order chi connectivity index (χ0) is 10.3. The molecule has 14 heavy (non-hydrogen) atoms. The lowest BCUT2D eigenvalue weighted by atomic mass is 10.1. The van der Waals surface area contributed by atoms with E-state index < -0.39 is 11.7 Å². The van der Waals surface area contributed by atoms with Crippen LogP contribution in [0, 0.1) is 0 Å². The van der Waals surface area contributed by atoms with E-state index in [0.717, 1.165) is 0 Å². The monoisotopic (exact) mass is 255 g/mol. The average Bonchev–Trinajstić information content (AvgIpc) is 2.45. The molecule has 0 radical (unpaired) electrons. The highest BCUT2D eigenvalue weighted by Gasteiger charge is 2.32. The molecule has 1 N–H and O–H groups in total. The van der Waals surface area contributed by atoms with Gasteiger partial charge in [-0.05, 0) is 28.1 Å². The number of Topliss-reactive ketones (excluding diaryl/α,β-unsaturated/α-hetero) is 1. The maximum Gasteiger partial charge on any atom is 0.297 e. The van der Waals surface area contributed by atoms with Gasteiger partial charge in [-0.2, -0.15) is 0 Å². The van der Waals surface area contributed by atoms with Crippen molar-refractivity contribution in [2.45, 2.75) is 0 Å². The Morgan fingerprint density at radius 1 is 1.36 bits per heavy atom. The van der Waals surface area contributed by atoms with Crippen LogP contribution in [0.1, 0.15) is 10.4 Å². The van der Waals surface area contributed by atoms with E-state index >= 15 is 0 Å². The van der Waals surface area contributed by atoms with Gasteiger partial charge in [0.2, 0.25) is 0 Å². The van der Waals surface area contributed by atoms with Crippen LogP contribution in [0.4, 0.5) is 5.69 Å². The Kier molecular flexibility index (Phi) is 2.03. The minimum Gasteiger partial charge on any atom is -0.495 e. The lowest BCUT2D eigenvalue weighted by molar-refractivity contribution is -0.112. The second-order valence-corrected chi connectivity index (χ2v) is 3.64. The van der Waals surface area contributed by atoms with Crippen LogP contribution in [0.25, 0.3) is 0 Å². The molecule has 0 bridgehead atoms. The molecule has 0 unspecified atom stereocenters. The van der Waals surface area contributed by atoms with E-state index in [-0.39, 0.29) is 0 Å². The zero-order valence-electron chi connectivity index (χ0n) is 7.26. The van der Waals surface area contributed by atoms with E-state index in [9.17, 15) is 9.59 Å². The Hall–Kier alpha value is -1.36. The number of amides is 1. The maximum atomic E-state index is 11.4. The summed E-state index contributed by atoms with van der Waals surface area (Å²) in [6.07, 6.45) is 0. The molecule has 0 saturated carbocycles. The van der Waals surface area contributed by atoms with E-state index in [1.807, 2.05) is 0 Å². The number of rotatable bonds is 1. The van der Waals surface area contributed by atoms with Gasteiger partial charge in [0.05, 0.1) is 18.4 Å². The Morgan fingerprint density at radius 3 is 2.71 bits per heavy atom. The highest BCUT2D eigenvalue weighted by molar-refractivity contribution is 9.10. The highest BCUT2D eigenvalue weighted by atomic mass is 79.9. The first-order valence-corrected chi connectivity index (χ1v) is 4.66. The van der Waals surface area contributed by atoms with E-state index in [1.54, 1.807) is 12.1 Å². The third-order valence-electron chi connectivity index (χ3n) is 2.01. The molecule has 1 aromatic rings. The Labute approximate surface area is 88.4 Å². The number of nitrogens with one attached hydrogen (secondary N) is 1. The van der Waals surface area contributed by atoms with Crippen LogP contribution in [-0.2, 0) is 4.79 Å². The largest absolute Gasteiger partial charge is 0.495 e. The third-order valence-corrected chi connectivity index (χ3v) is 2.67. The smallest absolute Gasteiger partial charge is 0.297 e. The molecule has 1 aliphatic heterocycles. The van der Waals surface area contributed by atoms with Crippen LogP contribution < -0.4 is 10.1 Å². The van der Waals surface area contributed by atoms with Gasteiger partial charge in [0.1, 0.15) is 5.75 Å². The highest BCUT2D eigenvalue weighted by Crippen LogP contribution is 2.37. The summed E-state index contributed by atoms with van der Waals surface area (Å²) in [6.45, 7) is 0. The second-order valence-electron chi connectivity index (χ2n) is 2.78. The number of carbonyl (C=O) groups excluding carboxylic acids is 2. The number of anilines is 1. The number of ether oxygens (including phenoxy) is 1. The fourth-order valence-electron chi connectivity index (χ4n) is 1.36. The SMILES string of the molecule is COc1ccc(Br)c2c1NC(=O)C2=O. The van der Waals surface area contributed by atoms with Crippen LogP contribution in [-0.4, -0.2) is 18.8 Å². The van der Waals surface area contributed by atoms with Crippen molar-refractivity contribution < 1.29 is 14.3 Å². The lowest BCUT2D eigenvalue weighted by Crippen LogP contribution is -2.12. The molecule has 0 aliphatic carbocycles. The predicted octanol–water partition coefficient (Wildman–Crippen LogP) is 1.59. The number of fused-ring (bicyclic) bond motifs is 1. The molecule has 1 aliphatic rings. The number of ketones is 1. The van der Waals surface area contributed by atoms with Gasteiger partial charge in [0.25, 0.3) is 11.7 Å². The number of hydrogen-bond acceptors (Lipinski definition) is 3. The fraction of sp³-hybridized carbons (Fsp3) is 0.111. The van der Waals surface area contributed by atoms with E-state index in [0.29, 0.717) is 21.5 Å². The second kappa shape index (κ2) is 3.09. The molecule has 0 spiro atoms. The molecule has 0 aromatic heterocycles. The molecular weight excluding hydrogens is 250 g/mol. The van der Waals surface area contributed by atoms with Crippen LogP contribution in [0.5, 0.6) is 5.75 Å². The first kappa shape index (κ1) is 9.21. The average molecular weight is 256 g/mol. The van der Waals surface area contributed by atoms with Gasteiger partial charge < -0.3 is 10.1 Å². The molecule has 1 heterocycles. The van der Waals surface area contributed by atoms with E-state index in [2.05, 4.69) is 21.2 Å². The predicted molar refractivity (Wildman–Crippen MR) is 53.7 cm³/mol. The van der Waals surface area contributed by atoms with Crippen LogP contribution in [0.2, 0.25) is 0 Å². The summed E-state index contributed by atoms with van der Waals surface area (Å²) in [5, 5.41) is 2.46. The quantitative estimate of drug-likeness (QED) is 0.776. The number of methoxy groups -OCH3 is 1. The van der Waals surface area contributed by atoms with E-state index in [1.165, 1.54) is 7.11 Å². The molecular formula is C9H6BrNO3. The van der Waals surface area contributed by atoms with Crippen molar-refractivity contribution in [3.63, 3.8) is 0 Å². The number of carbonyl (C=O) groups is 2. The Bertz CT molecular complexity index is 442. The summed E-state index contributed by atoms with van der Waals surface area (Å²) in [7, 11) is 1.48. The van der Waals surface area contributed by atoms with Crippen LogP contribution in [0.3, 0.4) is 0 Å². The first-order valence-electron chi connectivity index (χ1n) is 3.87. The molecule has 0 saturated heterocycles. The van der Waals surface area contributed by atoms with Crippen molar-refractivity contribution in [2.24, 2.45) is 0 Å². The Morgan fingerprint density at radius 2 is 2.07 bits per heavy atom. The summed E-state index contributed by atoms with van der Waals surface area (Å²) in [6, 6.07) is 3.36. The number of hydrogen-bond donors (Lipinski definition) is 1. The zero-order valence-corrected chi connectivity index (χ0v) is 8.84. The van der Waals surface area contributed by atoms with Crippen molar-refractivity contribution in [1.29, 1.82) is 0 Å². The Balaban J connectivity index is 2.70. The fourth-order valence-corrected chi connectivity index (χ4v) is 1.87. The van der Waals surface area contributed by atoms with Gasteiger partial charge in [-0.15, -0.1) is 0 Å². The van der Waals surface area contributed by atoms with Crippen molar-refractivity contribution in [2.75, 3.05) is 12.4 Å². The molecule has 1 aromatic carbocycles.